The fourth-order valence-corrected chi connectivity index (χ4v) is 2.94. The molecule has 0 saturated carbocycles. The third kappa shape index (κ3) is 4.32. The van der Waals surface area contributed by atoms with Gasteiger partial charge in [0.25, 0.3) is 0 Å². The highest BCUT2D eigenvalue weighted by Gasteiger charge is 2.17. The van der Waals surface area contributed by atoms with Crippen molar-refractivity contribution in [2.75, 3.05) is 19.6 Å². The number of aliphatic hydroxyl groups is 1. The van der Waals surface area contributed by atoms with Crippen LogP contribution in [0.15, 0.2) is 24.3 Å². The second-order valence-electron chi connectivity index (χ2n) is 5.95. The van der Waals surface area contributed by atoms with Crippen LogP contribution in [0.1, 0.15) is 50.3 Å². The molecule has 2 rings (SSSR count). The van der Waals surface area contributed by atoms with Crippen LogP contribution >= 0.6 is 0 Å². The molecular formula is C17H27NO. The number of likely N-dealkylation sites (tertiary alicyclic amines) is 1. The highest BCUT2D eigenvalue weighted by Crippen LogP contribution is 2.20. The van der Waals surface area contributed by atoms with Crippen molar-refractivity contribution in [2.24, 2.45) is 5.92 Å². The summed E-state index contributed by atoms with van der Waals surface area (Å²) < 4.78 is 0. The fraction of sp³-hybridized carbons (Fsp3) is 0.647. The van der Waals surface area contributed by atoms with E-state index in [1.54, 1.807) is 0 Å². The van der Waals surface area contributed by atoms with Gasteiger partial charge in [0.1, 0.15) is 0 Å². The van der Waals surface area contributed by atoms with E-state index in [-0.39, 0.29) is 6.10 Å². The number of rotatable bonds is 5. The Morgan fingerprint density at radius 3 is 2.68 bits per heavy atom. The average Bonchev–Trinajstić information content (AvgIpc) is 2.45. The van der Waals surface area contributed by atoms with Gasteiger partial charge in [0.2, 0.25) is 0 Å². The maximum Gasteiger partial charge on any atom is 0.0802 e. The van der Waals surface area contributed by atoms with Crippen molar-refractivity contribution in [2.45, 2.75) is 45.6 Å². The van der Waals surface area contributed by atoms with E-state index in [1.165, 1.54) is 31.5 Å². The molecule has 2 atom stereocenters. The fourth-order valence-electron chi connectivity index (χ4n) is 2.94. The molecule has 1 aromatic rings. The number of aliphatic hydroxyl groups excluding tert-OH is 1. The average molecular weight is 261 g/mol. The van der Waals surface area contributed by atoms with E-state index in [0.717, 1.165) is 30.9 Å². The molecule has 0 radical (unpaired) electrons. The van der Waals surface area contributed by atoms with Gasteiger partial charge in [0.05, 0.1) is 6.10 Å². The van der Waals surface area contributed by atoms with E-state index in [4.69, 9.17) is 0 Å². The van der Waals surface area contributed by atoms with Gasteiger partial charge in [-0.25, -0.2) is 0 Å². The van der Waals surface area contributed by atoms with E-state index >= 15 is 0 Å². The molecule has 1 aliphatic heterocycles. The Kier molecular flexibility index (Phi) is 5.41. The van der Waals surface area contributed by atoms with E-state index in [2.05, 4.69) is 43.0 Å². The van der Waals surface area contributed by atoms with Gasteiger partial charge in [0, 0.05) is 13.1 Å². The predicted octanol–water partition coefficient (Wildman–Crippen LogP) is 3.40. The van der Waals surface area contributed by atoms with Crippen LogP contribution in [0.5, 0.6) is 0 Å². The monoisotopic (exact) mass is 261 g/mol. The maximum absolute atomic E-state index is 10.3. The molecule has 2 heteroatoms. The van der Waals surface area contributed by atoms with Gasteiger partial charge in [-0.2, -0.15) is 0 Å². The minimum absolute atomic E-state index is 0.317. The number of hydrogen-bond acceptors (Lipinski definition) is 2. The second kappa shape index (κ2) is 7.06. The third-order valence-electron chi connectivity index (χ3n) is 4.23. The van der Waals surface area contributed by atoms with Gasteiger partial charge in [-0.05, 0) is 49.3 Å². The molecule has 1 fully saturated rings. The lowest BCUT2D eigenvalue weighted by Gasteiger charge is -2.31. The van der Waals surface area contributed by atoms with Gasteiger partial charge >= 0.3 is 0 Å². The first-order valence-corrected chi connectivity index (χ1v) is 7.68. The zero-order valence-electron chi connectivity index (χ0n) is 12.3. The highest BCUT2D eigenvalue weighted by atomic mass is 16.3. The summed E-state index contributed by atoms with van der Waals surface area (Å²) in [4.78, 5) is 2.50. The molecule has 0 amide bonds. The molecule has 1 aromatic carbocycles. The van der Waals surface area contributed by atoms with Crippen LogP contribution in [-0.2, 0) is 6.42 Å². The molecule has 1 heterocycles. The zero-order chi connectivity index (χ0) is 13.7. The minimum Gasteiger partial charge on any atom is -0.388 e. The lowest BCUT2D eigenvalue weighted by atomic mass is 9.99. The van der Waals surface area contributed by atoms with Crippen LogP contribution in [0.2, 0.25) is 0 Å². The topological polar surface area (TPSA) is 23.5 Å². The molecule has 0 aromatic heterocycles. The normalized spacial score (nSPS) is 22.4. The Labute approximate surface area is 117 Å². The highest BCUT2D eigenvalue weighted by molar-refractivity contribution is 5.24. The molecule has 0 spiro atoms. The standard InChI is InChI=1S/C17H27NO/c1-3-15-6-8-16(9-7-15)17(19)10-12-18-11-4-5-14(2)13-18/h6-9,14,17,19H,3-5,10-13H2,1-2H3. The van der Waals surface area contributed by atoms with E-state index in [0.29, 0.717) is 0 Å². The van der Waals surface area contributed by atoms with Crippen LogP contribution in [0.3, 0.4) is 0 Å². The summed E-state index contributed by atoms with van der Waals surface area (Å²) in [6.45, 7) is 7.89. The number of nitrogens with zero attached hydrogens (tertiary/aromatic N) is 1. The molecular weight excluding hydrogens is 234 g/mol. The first-order chi connectivity index (χ1) is 9.19. The quantitative estimate of drug-likeness (QED) is 0.878. The lowest BCUT2D eigenvalue weighted by molar-refractivity contribution is 0.122. The maximum atomic E-state index is 10.3. The number of benzene rings is 1. The number of piperidine rings is 1. The Balaban J connectivity index is 1.81. The molecule has 0 aliphatic carbocycles. The first-order valence-electron chi connectivity index (χ1n) is 7.68. The van der Waals surface area contributed by atoms with Gasteiger partial charge in [0.15, 0.2) is 0 Å². The van der Waals surface area contributed by atoms with Crippen LogP contribution < -0.4 is 0 Å². The van der Waals surface area contributed by atoms with Crippen molar-refractivity contribution in [1.82, 2.24) is 4.90 Å². The summed E-state index contributed by atoms with van der Waals surface area (Å²) >= 11 is 0. The van der Waals surface area contributed by atoms with Gasteiger partial charge in [-0.3, -0.25) is 0 Å². The third-order valence-corrected chi connectivity index (χ3v) is 4.23. The van der Waals surface area contributed by atoms with Crippen molar-refractivity contribution < 1.29 is 5.11 Å². The Morgan fingerprint density at radius 2 is 2.05 bits per heavy atom. The molecule has 1 N–H and O–H groups in total. The molecule has 1 aliphatic rings. The number of aryl methyl sites for hydroxylation is 1. The summed E-state index contributed by atoms with van der Waals surface area (Å²) in [5.74, 6) is 0.815. The second-order valence-corrected chi connectivity index (χ2v) is 5.95. The van der Waals surface area contributed by atoms with E-state index < -0.39 is 0 Å². The molecule has 0 bridgehead atoms. The summed E-state index contributed by atoms with van der Waals surface area (Å²) in [7, 11) is 0. The first kappa shape index (κ1) is 14.5. The molecule has 2 unspecified atom stereocenters. The number of hydrogen-bond donors (Lipinski definition) is 1. The largest absolute Gasteiger partial charge is 0.388 e. The van der Waals surface area contributed by atoms with Gasteiger partial charge in [-0.1, -0.05) is 38.1 Å². The predicted molar refractivity (Wildman–Crippen MR) is 80.2 cm³/mol. The summed E-state index contributed by atoms with van der Waals surface area (Å²) in [6, 6.07) is 8.40. The van der Waals surface area contributed by atoms with Crippen LogP contribution in [-0.4, -0.2) is 29.6 Å². The molecule has 19 heavy (non-hydrogen) atoms. The van der Waals surface area contributed by atoms with Crippen LogP contribution in [0, 0.1) is 5.92 Å². The van der Waals surface area contributed by atoms with Crippen LogP contribution in [0.4, 0.5) is 0 Å². The van der Waals surface area contributed by atoms with E-state index in [1.807, 2.05) is 0 Å². The van der Waals surface area contributed by atoms with Gasteiger partial charge in [-0.15, -0.1) is 0 Å². The summed E-state index contributed by atoms with van der Waals surface area (Å²) in [5.41, 5.74) is 2.39. The van der Waals surface area contributed by atoms with E-state index in [9.17, 15) is 5.11 Å². The minimum atomic E-state index is -0.317. The molecule has 106 valence electrons. The van der Waals surface area contributed by atoms with Gasteiger partial charge < -0.3 is 10.0 Å². The van der Waals surface area contributed by atoms with Crippen LogP contribution in [0.25, 0.3) is 0 Å². The Morgan fingerprint density at radius 1 is 1.32 bits per heavy atom. The van der Waals surface area contributed by atoms with Crippen molar-refractivity contribution in [3.8, 4) is 0 Å². The zero-order valence-corrected chi connectivity index (χ0v) is 12.3. The molecule has 2 nitrogen and oxygen atoms in total. The molecule has 1 saturated heterocycles. The smallest absolute Gasteiger partial charge is 0.0802 e. The van der Waals surface area contributed by atoms with Crippen molar-refractivity contribution >= 4 is 0 Å². The summed E-state index contributed by atoms with van der Waals surface area (Å²) in [5, 5.41) is 10.3. The Bertz CT molecular complexity index is 373. The lowest BCUT2D eigenvalue weighted by Crippen LogP contribution is -2.35. The Hall–Kier alpha value is -0.860. The van der Waals surface area contributed by atoms with Crippen molar-refractivity contribution in [3.63, 3.8) is 0 Å². The summed E-state index contributed by atoms with van der Waals surface area (Å²) in [6.07, 6.45) is 4.25. The SMILES string of the molecule is CCc1ccc(C(O)CCN2CCCC(C)C2)cc1. The van der Waals surface area contributed by atoms with Crippen molar-refractivity contribution in [3.05, 3.63) is 35.4 Å². The van der Waals surface area contributed by atoms with Crippen molar-refractivity contribution in [1.29, 1.82) is 0 Å².